The molecule has 0 spiro atoms. The second kappa shape index (κ2) is 11.8. The number of tetrazole rings is 1. The fourth-order valence-electron chi connectivity index (χ4n) is 6.22. The molecule has 0 bridgehead atoms. The maximum atomic E-state index is 13.8. The molecule has 2 fully saturated rings. The normalized spacial score (nSPS) is 18.2. The summed E-state index contributed by atoms with van der Waals surface area (Å²) in [7, 11) is 0. The highest BCUT2D eigenvalue weighted by Gasteiger charge is 2.47. The number of nitrogens with zero attached hydrogens (tertiary/aromatic N) is 8. The van der Waals surface area contributed by atoms with Crippen molar-refractivity contribution in [2.75, 3.05) is 13.1 Å². The topological polar surface area (TPSA) is 146 Å². The van der Waals surface area contributed by atoms with Crippen LogP contribution in [0.25, 0.3) is 27.9 Å². The first kappa shape index (κ1) is 28.7. The van der Waals surface area contributed by atoms with Crippen molar-refractivity contribution in [3.63, 3.8) is 0 Å². The molecule has 1 aliphatic carbocycles. The number of amides is 1. The summed E-state index contributed by atoms with van der Waals surface area (Å²) in [5, 5.41) is 39.7. The number of aromatic carboxylic acids is 1. The van der Waals surface area contributed by atoms with E-state index < -0.39 is 12.0 Å². The van der Waals surface area contributed by atoms with Gasteiger partial charge < -0.3 is 15.2 Å². The monoisotopic (exact) mass is 624 g/mol. The van der Waals surface area contributed by atoms with Gasteiger partial charge in [-0.15, -0.1) is 5.10 Å². The average molecular weight is 625 g/mol. The van der Waals surface area contributed by atoms with Crippen LogP contribution in [0.3, 0.4) is 0 Å². The minimum Gasteiger partial charge on any atom is -0.618 e. The third-order valence-corrected chi connectivity index (χ3v) is 8.96. The molecule has 13 heteroatoms. The number of carboxylic acids is 1. The van der Waals surface area contributed by atoms with E-state index in [2.05, 4.69) is 20.6 Å². The summed E-state index contributed by atoms with van der Waals surface area (Å²) in [6.07, 6.45) is 9.98. The van der Waals surface area contributed by atoms with Gasteiger partial charge in [0.15, 0.2) is 6.20 Å². The number of hydrogen-bond acceptors (Lipinski definition) is 7. The molecule has 1 unspecified atom stereocenters. The summed E-state index contributed by atoms with van der Waals surface area (Å²) in [6, 6.07) is 15.1. The molecule has 1 amide bonds. The van der Waals surface area contributed by atoms with Crippen LogP contribution in [0.4, 0.5) is 0 Å². The Hall–Kier alpha value is -5.10. The summed E-state index contributed by atoms with van der Waals surface area (Å²) in [5.41, 5.74) is 4.26. The molecule has 12 nitrogen and oxygen atoms in total. The highest BCUT2D eigenvalue weighted by Crippen LogP contribution is 2.47. The van der Waals surface area contributed by atoms with E-state index in [1.165, 1.54) is 17.2 Å². The van der Waals surface area contributed by atoms with Crippen LogP contribution in [0.15, 0.2) is 79.5 Å². The number of carbonyl (C=O) groups excluding carboxylic acids is 1. The molecule has 4 heterocycles. The first-order valence-corrected chi connectivity index (χ1v) is 15.2. The Kier molecular flexibility index (Phi) is 7.50. The maximum Gasteiger partial charge on any atom is 0.335 e. The van der Waals surface area contributed by atoms with E-state index in [0.717, 1.165) is 48.2 Å². The lowest BCUT2D eigenvalue weighted by atomic mass is 10.0. The number of pyridine rings is 1. The van der Waals surface area contributed by atoms with Crippen LogP contribution in [0, 0.1) is 17.0 Å². The highest BCUT2D eigenvalue weighted by molar-refractivity contribution is 6.31. The fraction of sp³-hybridized carbons (Fsp3) is 0.281. The van der Waals surface area contributed by atoms with Crippen LogP contribution in [-0.4, -0.2) is 65.0 Å². The molecule has 5 aromatic rings. The van der Waals surface area contributed by atoms with Crippen LogP contribution < -0.4 is 4.73 Å². The third-order valence-electron chi connectivity index (χ3n) is 8.72. The second-order valence-electron chi connectivity index (χ2n) is 11.6. The molecule has 1 saturated carbocycles. The average Bonchev–Trinajstić information content (AvgIpc) is 3.53. The molecule has 3 aromatic heterocycles. The summed E-state index contributed by atoms with van der Waals surface area (Å²) in [6.45, 7) is 1.62. The molecular weight excluding hydrogens is 596 g/mol. The summed E-state index contributed by atoms with van der Waals surface area (Å²) in [5.74, 6) is -0.707. The van der Waals surface area contributed by atoms with Crippen molar-refractivity contribution in [1.82, 2.24) is 34.9 Å². The molecular formula is C32H29ClN8O4. The molecule has 2 aromatic carbocycles. The van der Waals surface area contributed by atoms with Crippen molar-refractivity contribution in [3.05, 3.63) is 101 Å². The van der Waals surface area contributed by atoms with Crippen molar-refractivity contribution in [2.24, 2.45) is 11.8 Å². The van der Waals surface area contributed by atoms with Gasteiger partial charge >= 0.3 is 5.97 Å². The molecule has 1 saturated heterocycles. The van der Waals surface area contributed by atoms with E-state index in [-0.39, 0.29) is 23.3 Å². The molecule has 7 rings (SSSR count). The molecule has 0 radical (unpaired) electrons. The van der Waals surface area contributed by atoms with Crippen molar-refractivity contribution in [1.29, 1.82) is 0 Å². The SMILES string of the molecule is O=C(O)c1ccc(-c2cnn(C(C[C@@H]3C[C@@H]3C(=O)N3CCCC3)c3ccc(-c4cc(Cl)ccc4-n4cnnn4)c[n+]3[O-])c2)cc1. The number of benzene rings is 2. The minimum atomic E-state index is -0.994. The van der Waals surface area contributed by atoms with Crippen LogP contribution in [0.5, 0.6) is 0 Å². The van der Waals surface area contributed by atoms with E-state index in [4.69, 9.17) is 11.6 Å². The van der Waals surface area contributed by atoms with Gasteiger partial charge in [-0.3, -0.25) is 9.48 Å². The van der Waals surface area contributed by atoms with E-state index in [1.807, 2.05) is 17.2 Å². The summed E-state index contributed by atoms with van der Waals surface area (Å²) < 4.78 is 4.13. The molecule has 1 N–H and O–H groups in total. The number of carbonyl (C=O) groups is 2. The van der Waals surface area contributed by atoms with E-state index in [9.17, 15) is 19.9 Å². The molecule has 228 valence electrons. The molecule has 2 aliphatic rings. The van der Waals surface area contributed by atoms with Crippen LogP contribution in [-0.2, 0) is 4.79 Å². The number of hydrogen-bond donors (Lipinski definition) is 1. The van der Waals surface area contributed by atoms with Crippen molar-refractivity contribution >= 4 is 23.5 Å². The van der Waals surface area contributed by atoms with Crippen molar-refractivity contribution < 1.29 is 19.4 Å². The van der Waals surface area contributed by atoms with Gasteiger partial charge in [-0.25, -0.2) is 4.79 Å². The van der Waals surface area contributed by atoms with Gasteiger partial charge in [0.05, 0.1) is 17.4 Å². The Bertz CT molecular complexity index is 1870. The van der Waals surface area contributed by atoms with Gasteiger partial charge in [0.25, 0.3) is 0 Å². The van der Waals surface area contributed by atoms with E-state index in [1.54, 1.807) is 59.4 Å². The molecule has 1 aliphatic heterocycles. The zero-order chi connectivity index (χ0) is 31.1. The number of likely N-dealkylation sites (tertiary alicyclic amines) is 1. The standard InChI is InChI=1S/C32H29ClN8O4/c33-25-8-10-28(40-19-34-36-37-40)26(15-25)22-7-9-29(41(45)18-22)30(14-23-13-27(23)31(42)38-11-1-2-12-38)39-17-24(16-35-39)20-3-5-21(6-4-20)32(43)44/h3-10,15-19,23,27,30H,1-2,11-14H2,(H,43,44)/t23-,27-,30?/m0/s1. The number of carboxylic acid groups (broad SMARTS) is 1. The lowest BCUT2D eigenvalue weighted by Crippen LogP contribution is -2.36. The van der Waals surface area contributed by atoms with Gasteiger partial charge in [0.1, 0.15) is 12.4 Å². The quantitative estimate of drug-likeness (QED) is 0.187. The fourth-order valence-corrected chi connectivity index (χ4v) is 6.39. The third kappa shape index (κ3) is 5.76. The van der Waals surface area contributed by atoms with Crippen LogP contribution >= 0.6 is 11.6 Å². The Morgan fingerprint density at radius 3 is 2.53 bits per heavy atom. The lowest BCUT2D eigenvalue weighted by molar-refractivity contribution is -0.615. The largest absolute Gasteiger partial charge is 0.618 e. The smallest absolute Gasteiger partial charge is 0.335 e. The first-order valence-electron chi connectivity index (χ1n) is 14.8. The highest BCUT2D eigenvalue weighted by atomic mass is 35.5. The lowest BCUT2D eigenvalue weighted by Gasteiger charge is -2.19. The maximum absolute atomic E-state index is 13.8. The number of halogens is 1. The number of aromatic nitrogens is 7. The van der Waals surface area contributed by atoms with Crippen molar-refractivity contribution in [3.8, 4) is 27.9 Å². The van der Waals surface area contributed by atoms with Crippen LogP contribution in [0.1, 0.15) is 47.8 Å². The van der Waals surface area contributed by atoms with Crippen LogP contribution in [0.2, 0.25) is 5.02 Å². The predicted molar refractivity (Wildman–Crippen MR) is 163 cm³/mol. The van der Waals surface area contributed by atoms with Crippen molar-refractivity contribution in [2.45, 2.75) is 31.7 Å². The predicted octanol–water partition coefficient (Wildman–Crippen LogP) is 4.42. The Morgan fingerprint density at radius 2 is 1.82 bits per heavy atom. The van der Waals surface area contributed by atoms with Gasteiger partial charge in [-0.2, -0.15) is 14.5 Å². The van der Waals surface area contributed by atoms with Gasteiger partial charge in [0, 0.05) is 53.0 Å². The molecule has 3 atom stereocenters. The Morgan fingerprint density at radius 1 is 1.04 bits per heavy atom. The summed E-state index contributed by atoms with van der Waals surface area (Å²) in [4.78, 5) is 26.4. The Balaban J connectivity index is 1.22. The second-order valence-corrected chi connectivity index (χ2v) is 12.0. The first-order chi connectivity index (χ1) is 21.9. The molecule has 45 heavy (non-hydrogen) atoms. The van der Waals surface area contributed by atoms with Gasteiger partial charge in [0.2, 0.25) is 11.6 Å². The Labute approximate surface area is 263 Å². The van der Waals surface area contributed by atoms with E-state index in [0.29, 0.717) is 34.0 Å². The van der Waals surface area contributed by atoms with Gasteiger partial charge in [-0.1, -0.05) is 23.7 Å². The van der Waals surface area contributed by atoms with E-state index >= 15 is 0 Å². The minimum absolute atomic E-state index is 0.0473. The van der Waals surface area contributed by atoms with Gasteiger partial charge in [-0.05, 0) is 84.0 Å². The summed E-state index contributed by atoms with van der Waals surface area (Å²) >= 11 is 6.34. The zero-order valence-corrected chi connectivity index (χ0v) is 24.9. The zero-order valence-electron chi connectivity index (χ0n) is 24.1. The number of rotatable bonds is 9.